The zero-order valence-corrected chi connectivity index (χ0v) is 13.3. The summed E-state index contributed by atoms with van der Waals surface area (Å²) in [4.78, 5) is 26.3. The standard InChI is InChI=1S/C18H20N2O3/c1-12-9-14-5-3-4-6-15(14)11-20(12)17(21)10-19-18(22)16-7-8-23-13(16)2/h3-8,12H,9-11H2,1-2H3,(H,19,22)/t12-/m0/s1. The van der Waals surface area contributed by atoms with E-state index in [1.54, 1.807) is 13.0 Å². The zero-order valence-electron chi connectivity index (χ0n) is 13.3. The Balaban J connectivity index is 1.63. The summed E-state index contributed by atoms with van der Waals surface area (Å²) < 4.78 is 5.11. The average molecular weight is 312 g/mol. The van der Waals surface area contributed by atoms with Crippen LogP contribution >= 0.6 is 0 Å². The van der Waals surface area contributed by atoms with Crippen LogP contribution in [0.2, 0.25) is 0 Å². The molecule has 120 valence electrons. The van der Waals surface area contributed by atoms with Crippen LogP contribution < -0.4 is 5.32 Å². The van der Waals surface area contributed by atoms with Crippen LogP contribution in [0.3, 0.4) is 0 Å². The van der Waals surface area contributed by atoms with Gasteiger partial charge >= 0.3 is 0 Å². The first-order valence-electron chi connectivity index (χ1n) is 7.75. The van der Waals surface area contributed by atoms with E-state index in [1.807, 2.05) is 24.0 Å². The number of aryl methyl sites for hydroxylation is 1. The molecule has 1 aromatic heterocycles. The Morgan fingerprint density at radius 2 is 2.00 bits per heavy atom. The molecule has 2 aromatic rings. The lowest BCUT2D eigenvalue weighted by molar-refractivity contribution is -0.133. The second-order valence-electron chi connectivity index (χ2n) is 5.92. The van der Waals surface area contributed by atoms with E-state index in [2.05, 4.69) is 17.4 Å². The zero-order chi connectivity index (χ0) is 16.4. The highest BCUT2D eigenvalue weighted by atomic mass is 16.3. The van der Waals surface area contributed by atoms with E-state index in [9.17, 15) is 9.59 Å². The maximum absolute atomic E-state index is 12.5. The molecular formula is C18H20N2O3. The van der Waals surface area contributed by atoms with Gasteiger partial charge in [-0.3, -0.25) is 9.59 Å². The topological polar surface area (TPSA) is 62.6 Å². The first kappa shape index (κ1) is 15.3. The molecule has 2 heterocycles. The maximum Gasteiger partial charge on any atom is 0.255 e. The van der Waals surface area contributed by atoms with Gasteiger partial charge < -0.3 is 14.6 Å². The lowest BCUT2D eigenvalue weighted by Gasteiger charge is -2.35. The van der Waals surface area contributed by atoms with Crippen molar-refractivity contribution in [2.45, 2.75) is 32.9 Å². The van der Waals surface area contributed by atoms with E-state index >= 15 is 0 Å². The smallest absolute Gasteiger partial charge is 0.255 e. The number of rotatable bonds is 3. The van der Waals surface area contributed by atoms with E-state index in [-0.39, 0.29) is 24.4 Å². The van der Waals surface area contributed by atoms with Crippen LogP contribution in [0, 0.1) is 6.92 Å². The number of furan rings is 1. The van der Waals surface area contributed by atoms with Crippen molar-refractivity contribution in [1.82, 2.24) is 10.2 Å². The number of carbonyl (C=O) groups excluding carboxylic acids is 2. The maximum atomic E-state index is 12.5. The summed E-state index contributed by atoms with van der Waals surface area (Å²) in [6.45, 7) is 4.35. The molecule has 1 aliphatic rings. The molecule has 1 aromatic carbocycles. The van der Waals surface area contributed by atoms with E-state index in [1.165, 1.54) is 17.4 Å². The predicted molar refractivity (Wildman–Crippen MR) is 85.9 cm³/mol. The molecule has 1 N–H and O–H groups in total. The Bertz CT molecular complexity index is 735. The number of hydrogen-bond acceptors (Lipinski definition) is 3. The van der Waals surface area contributed by atoms with Crippen molar-refractivity contribution in [2.24, 2.45) is 0 Å². The van der Waals surface area contributed by atoms with E-state index in [0.717, 1.165) is 6.42 Å². The Kier molecular flexibility index (Phi) is 4.19. The molecule has 0 fully saturated rings. The number of amides is 2. The monoisotopic (exact) mass is 312 g/mol. The van der Waals surface area contributed by atoms with Crippen LogP contribution in [0.1, 0.15) is 34.2 Å². The van der Waals surface area contributed by atoms with Gasteiger partial charge in [0.2, 0.25) is 5.91 Å². The molecule has 0 bridgehead atoms. The molecule has 0 unspecified atom stereocenters. The predicted octanol–water partition coefficient (Wildman–Crippen LogP) is 2.29. The molecule has 2 amide bonds. The lowest BCUT2D eigenvalue weighted by atomic mass is 9.95. The third kappa shape index (κ3) is 3.13. The fourth-order valence-electron chi connectivity index (χ4n) is 2.99. The van der Waals surface area contributed by atoms with E-state index in [0.29, 0.717) is 17.9 Å². The number of carbonyl (C=O) groups is 2. The van der Waals surface area contributed by atoms with Gasteiger partial charge in [0.1, 0.15) is 5.76 Å². The Hall–Kier alpha value is -2.56. The number of nitrogens with zero attached hydrogens (tertiary/aromatic N) is 1. The molecule has 0 saturated carbocycles. The Labute approximate surface area is 135 Å². The number of nitrogens with one attached hydrogen (secondary N) is 1. The van der Waals surface area contributed by atoms with Crippen molar-refractivity contribution >= 4 is 11.8 Å². The summed E-state index contributed by atoms with van der Waals surface area (Å²) >= 11 is 0. The second-order valence-corrected chi connectivity index (χ2v) is 5.92. The van der Waals surface area contributed by atoms with Crippen LogP contribution in [0.15, 0.2) is 41.0 Å². The summed E-state index contributed by atoms with van der Waals surface area (Å²) in [7, 11) is 0. The van der Waals surface area contributed by atoms with Crippen molar-refractivity contribution in [2.75, 3.05) is 6.54 Å². The molecule has 1 atom stereocenters. The summed E-state index contributed by atoms with van der Waals surface area (Å²) in [5.41, 5.74) is 2.94. The molecule has 0 saturated heterocycles. The fraction of sp³-hybridized carbons (Fsp3) is 0.333. The average Bonchev–Trinajstić information content (AvgIpc) is 2.97. The van der Waals surface area contributed by atoms with Crippen LogP contribution in [0.25, 0.3) is 0 Å². The van der Waals surface area contributed by atoms with Gasteiger partial charge in [-0.15, -0.1) is 0 Å². The fourth-order valence-corrected chi connectivity index (χ4v) is 2.99. The van der Waals surface area contributed by atoms with Crippen LogP contribution in [-0.4, -0.2) is 29.3 Å². The first-order valence-corrected chi connectivity index (χ1v) is 7.75. The van der Waals surface area contributed by atoms with E-state index in [4.69, 9.17) is 4.42 Å². The van der Waals surface area contributed by atoms with Gasteiger partial charge in [0.25, 0.3) is 5.91 Å². The van der Waals surface area contributed by atoms with Gasteiger partial charge in [0, 0.05) is 12.6 Å². The Morgan fingerprint density at radius 3 is 2.70 bits per heavy atom. The molecule has 3 rings (SSSR count). The normalized spacial score (nSPS) is 16.8. The lowest BCUT2D eigenvalue weighted by Crippen LogP contribution is -2.47. The minimum absolute atomic E-state index is 0.00401. The second kappa shape index (κ2) is 6.28. The molecular weight excluding hydrogens is 292 g/mol. The quantitative estimate of drug-likeness (QED) is 0.946. The largest absolute Gasteiger partial charge is 0.469 e. The van der Waals surface area contributed by atoms with Gasteiger partial charge in [-0.1, -0.05) is 24.3 Å². The summed E-state index contributed by atoms with van der Waals surface area (Å²) in [5, 5.41) is 2.68. The van der Waals surface area contributed by atoms with E-state index < -0.39 is 0 Å². The molecule has 5 nitrogen and oxygen atoms in total. The molecule has 23 heavy (non-hydrogen) atoms. The molecule has 5 heteroatoms. The Morgan fingerprint density at radius 1 is 1.26 bits per heavy atom. The SMILES string of the molecule is Cc1occc1C(=O)NCC(=O)N1Cc2ccccc2C[C@@H]1C. The molecule has 0 aliphatic carbocycles. The molecule has 0 spiro atoms. The first-order chi connectivity index (χ1) is 11.1. The van der Waals surface area contributed by atoms with Crippen LogP contribution in [0.5, 0.6) is 0 Å². The third-order valence-corrected chi connectivity index (χ3v) is 4.33. The van der Waals surface area contributed by atoms with Crippen molar-refractivity contribution in [1.29, 1.82) is 0 Å². The van der Waals surface area contributed by atoms with Crippen molar-refractivity contribution < 1.29 is 14.0 Å². The number of fused-ring (bicyclic) bond motifs is 1. The molecule has 1 aliphatic heterocycles. The van der Waals surface area contributed by atoms with Crippen molar-refractivity contribution in [3.8, 4) is 0 Å². The summed E-state index contributed by atoms with van der Waals surface area (Å²) in [5.74, 6) is 0.200. The van der Waals surface area contributed by atoms with Crippen LogP contribution in [-0.2, 0) is 17.8 Å². The van der Waals surface area contributed by atoms with Gasteiger partial charge in [0.05, 0.1) is 18.4 Å². The number of benzene rings is 1. The van der Waals surface area contributed by atoms with Gasteiger partial charge in [0.15, 0.2) is 0 Å². The number of hydrogen-bond donors (Lipinski definition) is 1. The molecule has 0 radical (unpaired) electrons. The third-order valence-electron chi connectivity index (χ3n) is 4.33. The van der Waals surface area contributed by atoms with Crippen LogP contribution in [0.4, 0.5) is 0 Å². The summed E-state index contributed by atoms with van der Waals surface area (Å²) in [6, 6.07) is 9.91. The van der Waals surface area contributed by atoms with Gasteiger partial charge in [-0.2, -0.15) is 0 Å². The summed E-state index contributed by atoms with van der Waals surface area (Å²) in [6.07, 6.45) is 2.31. The minimum atomic E-state index is -0.283. The highest BCUT2D eigenvalue weighted by Gasteiger charge is 2.26. The highest BCUT2D eigenvalue weighted by Crippen LogP contribution is 2.22. The highest BCUT2D eigenvalue weighted by molar-refractivity contribution is 5.97. The van der Waals surface area contributed by atoms with Crippen molar-refractivity contribution in [3.05, 3.63) is 59.0 Å². The van der Waals surface area contributed by atoms with Gasteiger partial charge in [-0.25, -0.2) is 0 Å². The van der Waals surface area contributed by atoms with Gasteiger partial charge in [-0.05, 0) is 37.5 Å². The minimum Gasteiger partial charge on any atom is -0.469 e. The van der Waals surface area contributed by atoms with Crippen molar-refractivity contribution in [3.63, 3.8) is 0 Å².